The first-order valence-electron chi connectivity index (χ1n) is 4.84. The van der Waals surface area contributed by atoms with Gasteiger partial charge in [0, 0.05) is 19.3 Å². The summed E-state index contributed by atoms with van der Waals surface area (Å²) in [5.74, 6) is 0. The van der Waals surface area contributed by atoms with Crippen LogP contribution in [0.1, 0.15) is 18.9 Å². The predicted molar refractivity (Wildman–Crippen MR) is 58.0 cm³/mol. The highest BCUT2D eigenvalue weighted by Crippen LogP contribution is 2.07. The average Bonchev–Trinajstić information content (AvgIpc) is 2.19. The van der Waals surface area contributed by atoms with E-state index in [9.17, 15) is 0 Å². The van der Waals surface area contributed by atoms with Crippen LogP contribution < -0.4 is 10.6 Å². The van der Waals surface area contributed by atoms with Crippen molar-refractivity contribution in [2.45, 2.75) is 19.9 Å². The SMILES string of the molecule is CCCNCc1ccc(NC)cc1. The van der Waals surface area contributed by atoms with Crippen molar-refractivity contribution < 1.29 is 0 Å². The second kappa shape index (κ2) is 5.60. The van der Waals surface area contributed by atoms with Gasteiger partial charge < -0.3 is 10.6 Å². The molecule has 0 aromatic heterocycles. The van der Waals surface area contributed by atoms with Crippen molar-refractivity contribution in [1.29, 1.82) is 0 Å². The molecule has 0 unspecified atom stereocenters. The maximum Gasteiger partial charge on any atom is 0.0337 e. The van der Waals surface area contributed by atoms with Crippen LogP contribution >= 0.6 is 0 Å². The third-order valence-corrected chi connectivity index (χ3v) is 2.00. The third kappa shape index (κ3) is 3.47. The summed E-state index contributed by atoms with van der Waals surface area (Å²) in [6.45, 7) is 4.24. The fraction of sp³-hybridized carbons (Fsp3) is 0.455. The van der Waals surface area contributed by atoms with Crippen LogP contribution in [0.3, 0.4) is 0 Å². The summed E-state index contributed by atoms with van der Waals surface area (Å²) in [4.78, 5) is 0. The van der Waals surface area contributed by atoms with Crippen molar-refractivity contribution in [3.8, 4) is 0 Å². The molecule has 1 aromatic rings. The minimum atomic E-state index is 0.970. The first kappa shape index (κ1) is 10.1. The molecular weight excluding hydrogens is 160 g/mol. The van der Waals surface area contributed by atoms with E-state index in [1.54, 1.807) is 0 Å². The van der Waals surface area contributed by atoms with Gasteiger partial charge in [-0.05, 0) is 30.7 Å². The van der Waals surface area contributed by atoms with Crippen molar-refractivity contribution in [3.63, 3.8) is 0 Å². The summed E-state index contributed by atoms with van der Waals surface area (Å²) in [5, 5.41) is 6.47. The zero-order chi connectivity index (χ0) is 9.52. The van der Waals surface area contributed by atoms with E-state index in [4.69, 9.17) is 0 Å². The molecule has 0 atom stereocenters. The molecule has 2 nitrogen and oxygen atoms in total. The van der Waals surface area contributed by atoms with Gasteiger partial charge in [-0.3, -0.25) is 0 Å². The van der Waals surface area contributed by atoms with Crippen molar-refractivity contribution in [3.05, 3.63) is 29.8 Å². The molecule has 0 saturated heterocycles. The van der Waals surface area contributed by atoms with E-state index in [0.29, 0.717) is 0 Å². The molecule has 0 amide bonds. The molecule has 0 heterocycles. The Morgan fingerprint density at radius 1 is 1.15 bits per heavy atom. The minimum absolute atomic E-state index is 0.970. The molecule has 13 heavy (non-hydrogen) atoms. The van der Waals surface area contributed by atoms with Gasteiger partial charge in [-0.1, -0.05) is 19.1 Å². The summed E-state index contributed by atoms with van der Waals surface area (Å²) < 4.78 is 0. The fourth-order valence-electron chi connectivity index (χ4n) is 1.20. The first-order chi connectivity index (χ1) is 6.36. The Balaban J connectivity index is 2.40. The van der Waals surface area contributed by atoms with E-state index < -0.39 is 0 Å². The smallest absolute Gasteiger partial charge is 0.0337 e. The Bertz CT molecular complexity index is 228. The van der Waals surface area contributed by atoms with Crippen LogP contribution in [0.15, 0.2) is 24.3 Å². The monoisotopic (exact) mass is 178 g/mol. The zero-order valence-electron chi connectivity index (χ0n) is 8.43. The van der Waals surface area contributed by atoms with E-state index in [2.05, 4.69) is 41.8 Å². The number of nitrogens with one attached hydrogen (secondary N) is 2. The third-order valence-electron chi connectivity index (χ3n) is 2.00. The second-order valence-corrected chi connectivity index (χ2v) is 3.12. The van der Waals surface area contributed by atoms with Crippen molar-refractivity contribution in [2.75, 3.05) is 18.9 Å². The van der Waals surface area contributed by atoms with Crippen molar-refractivity contribution >= 4 is 5.69 Å². The van der Waals surface area contributed by atoms with Gasteiger partial charge in [0.15, 0.2) is 0 Å². The number of rotatable bonds is 5. The summed E-state index contributed by atoms with van der Waals surface area (Å²) in [7, 11) is 1.93. The molecule has 1 aromatic carbocycles. The number of anilines is 1. The van der Waals surface area contributed by atoms with E-state index >= 15 is 0 Å². The van der Waals surface area contributed by atoms with E-state index in [1.807, 2.05) is 7.05 Å². The van der Waals surface area contributed by atoms with Gasteiger partial charge in [0.2, 0.25) is 0 Å². The lowest BCUT2D eigenvalue weighted by Gasteiger charge is -2.04. The van der Waals surface area contributed by atoms with E-state index in [0.717, 1.165) is 13.1 Å². The van der Waals surface area contributed by atoms with Crippen LogP contribution in [0.4, 0.5) is 5.69 Å². The minimum Gasteiger partial charge on any atom is -0.388 e. The lowest BCUT2D eigenvalue weighted by atomic mass is 10.2. The molecule has 0 aliphatic rings. The van der Waals surface area contributed by atoms with Gasteiger partial charge in [-0.2, -0.15) is 0 Å². The summed E-state index contributed by atoms with van der Waals surface area (Å²) in [6.07, 6.45) is 1.19. The Morgan fingerprint density at radius 3 is 2.38 bits per heavy atom. The van der Waals surface area contributed by atoms with Gasteiger partial charge in [0.25, 0.3) is 0 Å². The highest BCUT2D eigenvalue weighted by molar-refractivity contribution is 5.43. The lowest BCUT2D eigenvalue weighted by Crippen LogP contribution is -2.13. The van der Waals surface area contributed by atoms with Crippen molar-refractivity contribution in [1.82, 2.24) is 5.32 Å². The quantitative estimate of drug-likeness (QED) is 0.676. The Labute approximate surface area is 80.4 Å². The second-order valence-electron chi connectivity index (χ2n) is 3.12. The molecule has 2 N–H and O–H groups in total. The zero-order valence-corrected chi connectivity index (χ0v) is 8.43. The fourth-order valence-corrected chi connectivity index (χ4v) is 1.20. The molecule has 0 radical (unpaired) electrons. The predicted octanol–water partition coefficient (Wildman–Crippen LogP) is 2.23. The Morgan fingerprint density at radius 2 is 1.85 bits per heavy atom. The lowest BCUT2D eigenvalue weighted by molar-refractivity contribution is 0.675. The first-order valence-corrected chi connectivity index (χ1v) is 4.84. The Hall–Kier alpha value is -1.02. The van der Waals surface area contributed by atoms with Crippen LogP contribution in [0, 0.1) is 0 Å². The Kier molecular flexibility index (Phi) is 4.33. The average molecular weight is 178 g/mol. The summed E-state index contributed by atoms with van der Waals surface area (Å²) >= 11 is 0. The summed E-state index contributed by atoms with van der Waals surface area (Å²) in [6, 6.07) is 8.49. The van der Waals surface area contributed by atoms with Gasteiger partial charge in [0.05, 0.1) is 0 Å². The van der Waals surface area contributed by atoms with Gasteiger partial charge in [0.1, 0.15) is 0 Å². The molecule has 0 bridgehead atoms. The van der Waals surface area contributed by atoms with Gasteiger partial charge >= 0.3 is 0 Å². The molecule has 2 heteroatoms. The molecule has 0 aliphatic heterocycles. The van der Waals surface area contributed by atoms with Crippen LogP contribution in [0.25, 0.3) is 0 Å². The van der Waals surface area contributed by atoms with Gasteiger partial charge in [-0.25, -0.2) is 0 Å². The van der Waals surface area contributed by atoms with E-state index in [1.165, 1.54) is 17.7 Å². The molecule has 72 valence electrons. The van der Waals surface area contributed by atoms with Crippen molar-refractivity contribution in [2.24, 2.45) is 0 Å². The number of hydrogen-bond acceptors (Lipinski definition) is 2. The molecular formula is C11H18N2. The molecule has 0 spiro atoms. The number of hydrogen-bond donors (Lipinski definition) is 2. The maximum absolute atomic E-state index is 3.37. The number of benzene rings is 1. The highest BCUT2D eigenvalue weighted by atomic mass is 14.8. The molecule has 0 fully saturated rings. The van der Waals surface area contributed by atoms with Gasteiger partial charge in [-0.15, -0.1) is 0 Å². The summed E-state index contributed by atoms with van der Waals surface area (Å²) in [5.41, 5.74) is 2.51. The maximum atomic E-state index is 3.37. The van der Waals surface area contributed by atoms with Crippen LogP contribution in [-0.2, 0) is 6.54 Å². The largest absolute Gasteiger partial charge is 0.388 e. The van der Waals surface area contributed by atoms with Crippen LogP contribution in [-0.4, -0.2) is 13.6 Å². The molecule has 0 aliphatic carbocycles. The topological polar surface area (TPSA) is 24.1 Å². The van der Waals surface area contributed by atoms with Crippen LogP contribution in [0.2, 0.25) is 0 Å². The molecule has 1 rings (SSSR count). The standard InChI is InChI=1S/C11H18N2/c1-3-8-13-9-10-4-6-11(12-2)7-5-10/h4-7,12-13H,3,8-9H2,1-2H3. The van der Waals surface area contributed by atoms with E-state index in [-0.39, 0.29) is 0 Å². The van der Waals surface area contributed by atoms with Crippen LogP contribution in [0.5, 0.6) is 0 Å². The normalized spacial score (nSPS) is 10.0. The molecule has 0 saturated carbocycles. The highest BCUT2D eigenvalue weighted by Gasteiger charge is 1.91.